The van der Waals surface area contributed by atoms with Gasteiger partial charge in [-0.1, -0.05) is 24.3 Å². The van der Waals surface area contributed by atoms with E-state index in [-0.39, 0.29) is 12.0 Å². The minimum Gasteiger partial charge on any atom is -0.391 e. The number of β-amino-alcohol motifs (C(OH)–C–C–N with tert-alkyl or cyclic N) is 1. The summed E-state index contributed by atoms with van der Waals surface area (Å²) >= 11 is 0. The largest absolute Gasteiger partial charge is 0.391 e. The van der Waals surface area contributed by atoms with E-state index in [2.05, 4.69) is 6.07 Å². The second kappa shape index (κ2) is 5.65. The first-order valence-electron chi connectivity index (χ1n) is 6.10. The molecule has 0 saturated carbocycles. The molecule has 18 heavy (non-hydrogen) atoms. The van der Waals surface area contributed by atoms with Crippen LogP contribution in [0.2, 0.25) is 0 Å². The van der Waals surface area contributed by atoms with Crippen LogP contribution in [0.15, 0.2) is 24.3 Å². The van der Waals surface area contributed by atoms with Crippen LogP contribution in [0, 0.1) is 11.3 Å². The van der Waals surface area contributed by atoms with Crippen molar-refractivity contribution < 1.29 is 9.90 Å². The first-order valence-corrected chi connectivity index (χ1v) is 6.10. The molecule has 1 aliphatic heterocycles. The van der Waals surface area contributed by atoms with E-state index in [1.807, 2.05) is 24.3 Å². The van der Waals surface area contributed by atoms with Gasteiger partial charge in [-0.15, -0.1) is 0 Å². The van der Waals surface area contributed by atoms with Crippen LogP contribution in [0.25, 0.3) is 0 Å². The lowest BCUT2D eigenvalue weighted by Gasteiger charge is -2.16. The normalized spacial score (nSPS) is 18.7. The zero-order valence-electron chi connectivity index (χ0n) is 10.2. The number of rotatable bonds is 3. The van der Waals surface area contributed by atoms with Crippen LogP contribution >= 0.6 is 0 Å². The number of nitriles is 1. The highest BCUT2D eigenvalue weighted by molar-refractivity contribution is 5.79. The van der Waals surface area contributed by atoms with E-state index in [1.165, 1.54) is 0 Å². The van der Waals surface area contributed by atoms with Crippen LogP contribution in [-0.4, -0.2) is 35.1 Å². The Kier molecular flexibility index (Phi) is 3.96. The van der Waals surface area contributed by atoms with Crippen molar-refractivity contribution in [1.82, 2.24) is 4.90 Å². The first kappa shape index (κ1) is 12.6. The van der Waals surface area contributed by atoms with Crippen LogP contribution in [0.3, 0.4) is 0 Å². The van der Waals surface area contributed by atoms with Crippen molar-refractivity contribution in [3.8, 4) is 6.07 Å². The Morgan fingerprint density at radius 3 is 2.78 bits per heavy atom. The maximum atomic E-state index is 12.0. The van der Waals surface area contributed by atoms with E-state index in [1.54, 1.807) is 4.90 Å². The fraction of sp³-hybridized carbons (Fsp3) is 0.429. The Balaban J connectivity index is 2.05. The summed E-state index contributed by atoms with van der Waals surface area (Å²) in [6, 6.07) is 9.63. The maximum Gasteiger partial charge on any atom is 0.227 e. The quantitative estimate of drug-likeness (QED) is 0.858. The molecule has 1 atom stereocenters. The molecule has 0 aromatic heterocycles. The highest BCUT2D eigenvalue weighted by Gasteiger charge is 2.24. The Morgan fingerprint density at radius 1 is 1.44 bits per heavy atom. The van der Waals surface area contributed by atoms with Crippen molar-refractivity contribution in [2.75, 3.05) is 13.1 Å². The summed E-state index contributed by atoms with van der Waals surface area (Å²) < 4.78 is 0. The number of hydrogen-bond donors (Lipinski definition) is 1. The summed E-state index contributed by atoms with van der Waals surface area (Å²) in [7, 11) is 0. The van der Waals surface area contributed by atoms with E-state index >= 15 is 0 Å². The summed E-state index contributed by atoms with van der Waals surface area (Å²) in [4.78, 5) is 13.7. The van der Waals surface area contributed by atoms with Gasteiger partial charge in [0.05, 0.1) is 25.0 Å². The number of aliphatic hydroxyl groups is 1. The van der Waals surface area contributed by atoms with Crippen molar-refractivity contribution in [3.63, 3.8) is 0 Å². The molecular weight excluding hydrogens is 228 g/mol. The molecule has 1 heterocycles. The van der Waals surface area contributed by atoms with Crippen LogP contribution < -0.4 is 0 Å². The van der Waals surface area contributed by atoms with Crippen LogP contribution in [0.5, 0.6) is 0 Å². The molecule has 2 rings (SSSR count). The summed E-state index contributed by atoms with van der Waals surface area (Å²) in [5, 5.41) is 18.2. The second-order valence-electron chi connectivity index (χ2n) is 4.56. The molecule has 1 aromatic rings. The number of likely N-dealkylation sites (tertiary alicyclic amines) is 1. The van der Waals surface area contributed by atoms with Crippen molar-refractivity contribution in [3.05, 3.63) is 35.4 Å². The minimum atomic E-state index is -0.386. The summed E-state index contributed by atoms with van der Waals surface area (Å²) in [5.74, 6) is 0.0249. The molecule has 0 radical (unpaired) electrons. The summed E-state index contributed by atoms with van der Waals surface area (Å²) in [6.07, 6.45) is 0.908. The summed E-state index contributed by atoms with van der Waals surface area (Å²) in [6.45, 7) is 1.06. The monoisotopic (exact) mass is 244 g/mol. The molecule has 1 amide bonds. The van der Waals surface area contributed by atoms with Gasteiger partial charge in [0.25, 0.3) is 0 Å². The molecule has 1 N–H and O–H groups in total. The highest BCUT2D eigenvalue weighted by atomic mass is 16.3. The standard InChI is InChI=1S/C14H16N2O2/c15-7-5-11-3-1-2-4-12(11)9-14(18)16-8-6-13(17)10-16/h1-4,13,17H,5-6,8-10H2/t13-/m0/s1. The third kappa shape index (κ3) is 2.88. The fourth-order valence-corrected chi connectivity index (χ4v) is 2.23. The van der Waals surface area contributed by atoms with Gasteiger partial charge in [0.1, 0.15) is 0 Å². The Morgan fingerprint density at radius 2 is 2.17 bits per heavy atom. The number of aliphatic hydroxyl groups excluding tert-OH is 1. The molecule has 0 unspecified atom stereocenters. The third-order valence-electron chi connectivity index (χ3n) is 3.25. The third-order valence-corrected chi connectivity index (χ3v) is 3.25. The molecule has 0 spiro atoms. The molecule has 1 saturated heterocycles. The molecule has 4 heteroatoms. The maximum absolute atomic E-state index is 12.0. The van der Waals surface area contributed by atoms with E-state index in [4.69, 9.17) is 5.26 Å². The number of carbonyl (C=O) groups excluding carboxylic acids is 1. The van der Waals surface area contributed by atoms with Crippen LogP contribution in [0.1, 0.15) is 17.5 Å². The van der Waals surface area contributed by atoms with Crippen LogP contribution in [0.4, 0.5) is 0 Å². The molecule has 0 aliphatic carbocycles. The lowest BCUT2D eigenvalue weighted by molar-refractivity contribution is -0.129. The van der Waals surface area contributed by atoms with Gasteiger partial charge in [-0.3, -0.25) is 4.79 Å². The number of nitrogens with zero attached hydrogens (tertiary/aromatic N) is 2. The average molecular weight is 244 g/mol. The summed E-state index contributed by atoms with van der Waals surface area (Å²) in [5.41, 5.74) is 1.82. The number of carbonyl (C=O) groups is 1. The van der Waals surface area contributed by atoms with E-state index in [9.17, 15) is 9.90 Å². The number of hydrogen-bond acceptors (Lipinski definition) is 3. The van der Waals surface area contributed by atoms with Crippen molar-refractivity contribution in [1.29, 1.82) is 5.26 Å². The Bertz CT molecular complexity index is 479. The highest BCUT2D eigenvalue weighted by Crippen LogP contribution is 2.14. The molecule has 4 nitrogen and oxygen atoms in total. The van der Waals surface area contributed by atoms with Gasteiger partial charge in [-0.2, -0.15) is 5.26 Å². The van der Waals surface area contributed by atoms with Crippen molar-refractivity contribution in [2.45, 2.75) is 25.4 Å². The number of amides is 1. The zero-order valence-corrected chi connectivity index (χ0v) is 10.2. The lowest BCUT2D eigenvalue weighted by Crippen LogP contribution is -2.31. The smallest absolute Gasteiger partial charge is 0.227 e. The average Bonchev–Trinajstić information content (AvgIpc) is 2.79. The molecule has 1 aromatic carbocycles. The van der Waals surface area contributed by atoms with Gasteiger partial charge < -0.3 is 10.0 Å². The van der Waals surface area contributed by atoms with Gasteiger partial charge in [0.2, 0.25) is 5.91 Å². The Labute approximate surface area is 106 Å². The zero-order chi connectivity index (χ0) is 13.0. The van der Waals surface area contributed by atoms with E-state index < -0.39 is 0 Å². The van der Waals surface area contributed by atoms with Gasteiger partial charge in [-0.25, -0.2) is 0 Å². The topological polar surface area (TPSA) is 64.3 Å². The lowest BCUT2D eigenvalue weighted by atomic mass is 10.0. The van der Waals surface area contributed by atoms with E-state index in [0.717, 1.165) is 11.1 Å². The van der Waals surface area contributed by atoms with Gasteiger partial charge in [0, 0.05) is 13.1 Å². The Hall–Kier alpha value is -1.86. The number of benzene rings is 1. The molecule has 94 valence electrons. The van der Waals surface area contributed by atoms with Gasteiger partial charge in [0.15, 0.2) is 0 Å². The van der Waals surface area contributed by atoms with E-state index in [0.29, 0.717) is 32.4 Å². The van der Waals surface area contributed by atoms with Crippen LogP contribution in [-0.2, 0) is 17.6 Å². The SMILES string of the molecule is N#CCc1ccccc1CC(=O)N1CC[C@H](O)C1. The first-order chi connectivity index (χ1) is 8.70. The second-order valence-corrected chi connectivity index (χ2v) is 4.56. The molecule has 1 aliphatic rings. The molecular formula is C14H16N2O2. The predicted molar refractivity (Wildman–Crippen MR) is 66.7 cm³/mol. The van der Waals surface area contributed by atoms with Gasteiger partial charge >= 0.3 is 0 Å². The predicted octanol–water partition coefficient (Wildman–Crippen LogP) is 0.888. The molecule has 0 bridgehead atoms. The van der Waals surface area contributed by atoms with Crippen molar-refractivity contribution >= 4 is 5.91 Å². The van der Waals surface area contributed by atoms with Crippen molar-refractivity contribution in [2.24, 2.45) is 0 Å². The minimum absolute atomic E-state index is 0.0249. The fourth-order valence-electron chi connectivity index (χ4n) is 2.23. The molecule has 1 fully saturated rings. The van der Waals surface area contributed by atoms with Gasteiger partial charge in [-0.05, 0) is 17.5 Å².